The van der Waals surface area contributed by atoms with Crippen LogP contribution in [-0.2, 0) is 6.42 Å². The molecular formula is C21H43NO. The molecule has 0 unspecified atom stereocenters. The van der Waals surface area contributed by atoms with Crippen LogP contribution >= 0.6 is 0 Å². The molecule has 0 aliphatic rings. The molecule has 0 aliphatic heterocycles. The first-order valence-corrected chi connectivity index (χ1v) is 9.65. The van der Waals surface area contributed by atoms with Gasteiger partial charge >= 0.3 is 0 Å². The van der Waals surface area contributed by atoms with Crippen LogP contribution in [0, 0.1) is 0 Å². The third-order valence-corrected chi connectivity index (χ3v) is 2.44. The van der Waals surface area contributed by atoms with E-state index in [4.69, 9.17) is 0 Å². The van der Waals surface area contributed by atoms with Crippen LogP contribution in [0.5, 0.6) is 0 Å². The summed E-state index contributed by atoms with van der Waals surface area (Å²) in [5, 5.41) is 2.90. The van der Waals surface area contributed by atoms with E-state index in [2.05, 4.69) is 19.2 Å². The van der Waals surface area contributed by atoms with Gasteiger partial charge in [0.2, 0.25) is 0 Å². The van der Waals surface area contributed by atoms with Crippen LogP contribution in [-0.4, -0.2) is 12.5 Å². The molecule has 138 valence electrons. The van der Waals surface area contributed by atoms with E-state index in [1.807, 2.05) is 79.7 Å². The molecule has 0 saturated carbocycles. The third kappa shape index (κ3) is 18.6. The number of nitrogens with one attached hydrogen (secondary N) is 1. The summed E-state index contributed by atoms with van der Waals surface area (Å²) in [5.74, 6) is 0.0334. The summed E-state index contributed by atoms with van der Waals surface area (Å²) < 4.78 is 0. The molecule has 0 bridgehead atoms. The van der Waals surface area contributed by atoms with Crippen LogP contribution in [0.2, 0.25) is 0 Å². The number of carbonyl (C=O) groups excluding carboxylic acids is 1. The Kier molecular flexibility index (Phi) is 37.1. The van der Waals surface area contributed by atoms with E-state index in [-0.39, 0.29) is 5.91 Å². The summed E-state index contributed by atoms with van der Waals surface area (Å²) in [6.45, 7) is 21.0. The number of benzene rings is 1. The molecule has 0 fully saturated rings. The molecule has 1 rings (SSSR count). The molecule has 0 radical (unpaired) electrons. The lowest BCUT2D eigenvalue weighted by Gasteiger charge is -2.04. The lowest BCUT2D eigenvalue weighted by atomic mass is 10.1. The van der Waals surface area contributed by atoms with Gasteiger partial charge in [0.15, 0.2) is 0 Å². The summed E-state index contributed by atoms with van der Waals surface area (Å²) in [7, 11) is 0. The zero-order valence-electron chi connectivity index (χ0n) is 17.5. The lowest BCUT2D eigenvalue weighted by molar-refractivity contribution is 0.0953. The largest absolute Gasteiger partial charge is 0.352 e. The minimum atomic E-state index is 0.0334. The van der Waals surface area contributed by atoms with Crippen molar-refractivity contribution in [3.63, 3.8) is 0 Å². The highest BCUT2D eigenvalue weighted by Gasteiger charge is 2.03. The van der Waals surface area contributed by atoms with Gasteiger partial charge in [-0.2, -0.15) is 0 Å². The van der Waals surface area contributed by atoms with E-state index in [0.29, 0.717) is 0 Å². The highest BCUT2D eigenvalue weighted by molar-refractivity contribution is 5.94. The third-order valence-electron chi connectivity index (χ3n) is 2.44. The highest BCUT2D eigenvalue weighted by atomic mass is 16.1. The molecule has 0 heterocycles. The van der Waals surface area contributed by atoms with E-state index >= 15 is 0 Å². The summed E-state index contributed by atoms with van der Waals surface area (Å²) in [5.41, 5.74) is 2.02. The number of rotatable bonds is 5. The maximum Gasteiger partial charge on any atom is 0.251 e. The molecule has 0 saturated heterocycles. The predicted octanol–water partition coefficient (Wildman–Crippen LogP) is 6.88. The molecule has 0 atom stereocenters. The highest BCUT2D eigenvalue weighted by Crippen LogP contribution is 2.04. The fraction of sp³-hybridized carbons (Fsp3) is 0.667. The SMILES string of the molecule is CC.CC.CC.CC.CCCCNC(=O)c1ccc(CC)cc1. The Labute approximate surface area is 147 Å². The average Bonchev–Trinajstić information content (AvgIpc) is 2.68. The van der Waals surface area contributed by atoms with Gasteiger partial charge in [0.25, 0.3) is 5.91 Å². The van der Waals surface area contributed by atoms with Crippen LogP contribution in [0.3, 0.4) is 0 Å². The number of hydrogen-bond acceptors (Lipinski definition) is 1. The minimum Gasteiger partial charge on any atom is -0.352 e. The van der Waals surface area contributed by atoms with Gasteiger partial charge in [-0.25, -0.2) is 0 Å². The van der Waals surface area contributed by atoms with Gasteiger partial charge < -0.3 is 5.32 Å². The monoisotopic (exact) mass is 325 g/mol. The second-order valence-corrected chi connectivity index (χ2v) is 3.66. The number of unbranched alkanes of at least 4 members (excludes halogenated alkanes) is 1. The predicted molar refractivity (Wildman–Crippen MR) is 108 cm³/mol. The van der Waals surface area contributed by atoms with Crippen LogP contribution in [0.15, 0.2) is 24.3 Å². The molecule has 23 heavy (non-hydrogen) atoms. The van der Waals surface area contributed by atoms with Crippen molar-refractivity contribution in [2.24, 2.45) is 0 Å². The molecule has 1 amide bonds. The van der Waals surface area contributed by atoms with Crippen LogP contribution in [0.1, 0.15) is 98.0 Å². The maximum atomic E-state index is 11.6. The second-order valence-electron chi connectivity index (χ2n) is 3.66. The topological polar surface area (TPSA) is 29.1 Å². The number of aryl methyl sites for hydroxylation is 1. The zero-order valence-corrected chi connectivity index (χ0v) is 17.5. The maximum absolute atomic E-state index is 11.6. The summed E-state index contributed by atoms with van der Waals surface area (Å²) in [6, 6.07) is 7.80. The second kappa shape index (κ2) is 28.8. The van der Waals surface area contributed by atoms with Crippen molar-refractivity contribution in [1.82, 2.24) is 5.32 Å². The van der Waals surface area contributed by atoms with Gasteiger partial charge in [-0.05, 0) is 30.5 Å². The van der Waals surface area contributed by atoms with Crippen molar-refractivity contribution in [3.05, 3.63) is 35.4 Å². The van der Waals surface area contributed by atoms with Gasteiger partial charge in [0.1, 0.15) is 0 Å². The summed E-state index contributed by atoms with van der Waals surface area (Å²) >= 11 is 0. The number of hydrogen-bond donors (Lipinski definition) is 1. The molecule has 2 heteroatoms. The Morgan fingerprint density at radius 3 is 1.61 bits per heavy atom. The van der Waals surface area contributed by atoms with E-state index in [9.17, 15) is 4.79 Å². The minimum absolute atomic E-state index is 0.0334. The van der Waals surface area contributed by atoms with Crippen molar-refractivity contribution in [3.8, 4) is 0 Å². The molecule has 0 aliphatic carbocycles. The Balaban J connectivity index is -0.000000196. The van der Waals surface area contributed by atoms with Gasteiger partial charge in [0.05, 0.1) is 0 Å². The Morgan fingerprint density at radius 2 is 1.26 bits per heavy atom. The van der Waals surface area contributed by atoms with Crippen LogP contribution in [0.25, 0.3) is 0 Å². The Hall–Kier alpha value is -1.31. The van der Waals surface area contributed by atoms with Crippen molar-refractivity contribution < 1.29 is 4.79 Å². The quantitative estimate of drug-likeness (QED) is 0.587. The van der Waals surface area contributed by atoms with E-state index in [1.54, 1.807) is 0 Å². The van der Waals surface area contributed by atoms with Gasteiger partial charge in [-0.3, -0.25) is 4.79 Å². The molecule has 0 spiro atoms. The summed E-state index contributed by atoms with van der Waals surface area (Å²) in [4.78, 5) is 11.6. The smallest absolute Gasteiger partial charge is 0.251 e. The van der Waals surface area contributed by atoms with E-state index in [0.717, 1.165) is 31.4 Å². The van der Waals surface area contributed by atoms with Crippen molar-refractivity contribution in [2.75, 3.05) is 6.54 Å². The summed E-state index contributed by atoms with van der Waals surface area (Å²) in [6.07, 6.45) is 3.16. The van der Waals surface area contributed by atoms with Crippen LogP contribution in [0.4, 0.5) is 0 Å². The average molecular weight is 326 g/mol. The zero-order chi connectivity index (χ0) is 19.1. The van der Waals surface area contributed by atoms with Gasteiger partial charge in [-0.1, -0.05) is 87.8 Å². The van der Waals surface area contributed by atoms with Gasteiger partial charge in [-0.15, -0.1) is 0 Å². The van der Waals surface area contributed by atoms with Crippen molar-refractivity contribution in [1.29, 1.82) is 0 Å². The fourth-order valence-electron chi connectivity index (χ4n) is 1.37. The molecule has 1 N–H and O–H groups in total. The normalized spacial score (nSPS) is 7.57. The molecule has 0 aromatic heterocycles. The number of carbonyl (C=O) groups is 1. The molecular weight excluding hydrogens is 282 g/mol. The standard InChI is InChI=1S/C13H19NO.4C2H6/c1-3-5-10-14-13(15)12-8-6-11(4-2)7-9-12;4*1-2/h6-9H,3-5,10H2,1-2H3,(H,14,15);4*1-2H3. The van der Waals surface area contributed by atoms with Crippen molar-refractivity contribution in [2.45, 2.75) is 88.5 Å². The van der Waals surface area contributed by atoms with Gasteiger partial charge in [0, 0.05) is 12.1 Å². The Bertz CT molecular complexity index is 304. The molecule has 2 nitrogen and oxygen atoms in total. The first kappa shape index (κ1) is 29.7. The Morgan fingerprint density at radius 1 is 0.826 bits per heavy atom. The molecule has 1 aromatic carbocycles. The molecule has 1 aromatic rings. The first-order chi connectivity index (χ1) is 11.3. The van der Waals surface area contributed by atoms with Crippen LogP contribution < -0.4 is 5.32 Å². The first-order valence-electron chi connectivity index (χ1n) is 9.65. The van der Waals surface area contributed by atoms with E-state index in [1.165, 1.54) is 5.56 Å². The van der Waals surface area contributed by atoms with Crippen molar-refractivity contribution >= 4 is 5.91 Å². The fourth-order valence-corrected chi connectivity index (χ4v) is 1.37. The lowest BCUT2D eigenvalue weighted by Crippen LogP contribution is -2.24. The number of amides is 1. The van der Waals surface area contributed by atoms with E-state index < -0.39 is 0 Å².